The monoisotopic (exact) mass is 171 g/mol. The molecule has 0 aromatic rings. The molecule has 1 saturated heterocycles. The van der Waals surface area contributed by atoms with Crippen LogP contribution >= 0.6 is 0 Å². The molecule has 0 aliphatic carbocycles. The second-order valence-electron chi connectivity index (χ2n) is 3.82. The number of aliphatic hydroxyl groups excluding tert-OH is 1. The average Bonchev–Trinajstić information content (AvgIpc) is 1.98. The van der Waals surface area contributed by atoms with Gasteiger partial charge in [-0.1, -0.05) is 13.8 Å². The number of nitrogens with zero attached hydrogens (tertiary/aromatic N) is 1. The van der Waals surface area contributed by atoms with Gasteiger partial charge in [0, 0.05) is 25.7 Å². The van der Waals surface area contributed by atoms with Gasteiger partial charge in [-0.05, 0) is 12.8 Å². The topological polar surface area (TPSA) is 35.5 Å². The minimum absolute atomic E-state index is 0.230. The van der Waals surface area contributed by atoms with Gasteiger partial charge < -0.3 is 5.11 Å². The predicted molar refractivity (Wildman–Crippen MR) is 49.6 cm³/mol. The second-order valence-corrected chi connectivity index (χ2v) is 3.82. The fourth-order valence-corrected chi connectivity index (χ4v) is 1.56. The molecule has 1 aliphatic rings. The summed E-state index contributed by atoms with van der Waals surface area (Å²) in [5.74, 6) is 1.40. The quantitative estimate of drug-likeness (QED) is 0.623. The molecule has 2 N–H and O–H groups in total. The van der Waals surface area contributed by atoms with Crippen LogP contribution in [0.5, 0.6) is 0 Å². The van der Waals surface area contributed by atoms with Crippen molar-refractivity contribution in [3.63, 3.8) is 0 Å². The van der Waals surface area contributed by atoms with Gasteiger partial charge in [0.2, 0.25) is 0 Å². The summed E-state index contributed by atoms with van der Waals surface area (Å²) in [5, 5.41) is 12.5. The predicted octanol–water partition coefficient (Wildman–Crippen LogP) is 0.213. The first-order valence-electron chi connectivity index (χ1n) is 4.56. The minimum atomic E-state index is -0.363. The van der Waals surface area contributed by atoms with Crippen molar-refractivity contribution >= 4 is 0 Å². The lowest BCUT2D eigenvalue weighted by Crippen LogP contribution is -2.57. The van der Waals surface area contributed by atoms with Gasteiger partial charge in [-0.15, -0.1) is 0 Å². The van der Waals surface area contributed by atoms with E-state index in [2.05, 4.69) is 31.0 Å². The molecule has 2 unspecified atom stereocenters. The Kier molecular flexibility index (Phi) is 3.50. The SMILES string of the molecule is C[C](C)CN1CCNC(O)C1C. The smallest absolute Gasteiger partial charge is 0.120 e. The highest BCUT2D eigenvalue weighted by Gasteiger charge is 2.25. The van der Waals surface area contributed by atoms with Crippen molar-refractivity contribution in [1.82, 2.24) is 10.2 Å². The summed E-state index contributed by atoms with van der Waals surface area (Å²) in [6.07, 6.45) is -0.363. The van der Waals surface area contributed by atoms with Gasteiger partial charge in [0.15, 0.2) is 0 Å². The highest BCUT2D eigenvalue weighted by molar-refractivity contribution is 4.88. The molecule has 2 atom stereocenters. The summed E-state index contributed by atoms with van der Waals surface area (Å²) in [5.41, 5.74) is 0. The van der Waals surface area contributed by atoms with E-state index in [-0.39, 0.29) is 12.3 Å². The summed E-state index contributed by atoms with van der Waals surface area (Å²) in [7, 11) is 0. The van der Waals surface area contributed by atoms with Gasteiger partial charge in [0.25, 0.3) is 0 Å². The molecule has 1 rings (SSSR count). The maximum atomic E-state index is 9.50. The number of piperazine rings is 1. The molecule has 0 amide bonds. The fourth-order valence-electron chi connectivity index (χ4n) is 1.56. The van der Waals surface area contributed by atoms with Crippen molar-refractivity contribution in [2.75, 3.05) is 19.6 Å². The number of nitrogens with one attached hydrogen (secondary N) is 1. The summed E-state index contributed by atoms with van der Waals surface area (Å²) < 4.78 is 0. The molecule has 0 aromatic carbocycles. The van der Waals surface area contributed by atoms with E-state index in [0.717, 1.165) is 19.6 Å². The molecular weight excluding hydrogens is 152 g/mol. The number of hydrogen-bond donors (Lipinski definition) is 2. The van der Waals surface area contributed by atoms with E-state index in [1.165, 1.54) is 5.92 Å². The average molecular weight is 171 g/mol. The molecule has 1 aliphatic heterocycles. The van der Waals surface area contributed by atoms with Gasteiger partial charge >= 0.3 is 0 Å². The van der Waals surface area contributed by atoms with Crippen LogP contribution in [0.4, 0.5) is 0 Å². The van der Waals surface area contributed by atoms with E-state index in [1.54, 1.807) is 0 Å². The molecule has 0 aromatic heterocycles. The Labute approximate surface area is 74.8 Å². The van der Waals surface area contributed by atoms with Crippen molar-refractivity contribution in [2.45, 2.75) is 33.0 Å². The Morgan fingerprint density at radius 1 is 1.58 bits per heavy atom. The molecule has 1 heterocycles. The molecule has 12 heavy (non-hydrogen) atoms. The van der Waals surface area contributed by atoms with Crippen LogP contribution in [0.25, 0.3) is 0 Å². The Morgan fingerprint density at radius 3 is 2.83 bits per heavy atom. The van der Waals surface area contributed by atoms with Gasteiger partial charge in [-0.2, -0.15) is 0 Å². The number of rotatable bonds is 2. The van der Waals surface area contributed by atoms with Gasteiger partial charge in [-0.3, -0.25) is 10.2 Å². The second kappa shape index (κ2) is 4.21. The van der Waals surface area contributed by atoms with Crippen molar-refractivity contribution in [1.29, 1.82) is 0 Å². The third-order valence-electron chi connectivity index (χ3n) is 2.30. The van der Waals surface area contributed by atoms with Gasteiger partial charge in [0.1, 0.15) is 6.23 Å². The van der Waals surface area contributed by atoms with Gasteiger partial charge in [0.05, 0.1) is 0 Å². The normalized spacial score (nSPS) is 32.8. The maximum Gasteiger partial charge on any atom is 0.120 e. The summed E-state index contributed by atoms with van der Waals surface area (Å²) in [4.78, 5) is 2.30. The molecule has 1 radical (unpaired) electrons. The van der Waals surface area contributed by atoms with Crippen molar-refractivity contribution in [2.24, 2.45) is 0 Å². The Balaban J connectivity index is 2.41. The molecule has 71 valence electrons. The largest absolute Gasteiger partial charge is 0.377 e. The minimum Gasteiger partial charge on any atom is -0.377 e. The summed E-state index contributed by atoms with van der Waals surface area (Å²) in [6.45, 7) is 9.23. The first-order chi connectivity index (χ1) is 5.61. The van der Waals surface area contributed by atoms with E-state index in [1.807, 2.05) is 0 Å². The first-order valence-corrected chi connectivity index (χ1v) is 4.56. The third-order valence-corrected chi connectivity index (χ3v) is 2.30. The van der Waals surface area contributed by atoms with E-state index < -0.39 is 0 Å². The van der Waals surface area contributed by atoms with E-state index in [9.17, 15) is 5.11 Å². The Bertz CT molecular complexity index is 138. The lowest BCUT2D eigenvalue weighted by Gasteiger charge is -2.38. The maximum absolute atomic E-state index is 9.50. The van der Waals surface area contributed by atoms with Crippen LogP contribution in [0.3, 0.4) is 0 Å². The van der Waals surface area contributed by atoms with Gasteiger partial charge in [-0.25, -0.2) is 0 Å². The fraction of sp³-hybridized carbons (Fsp3) is 0.889. The number of hydrogen-bond acceptors (Lipinski definition) is 3. The lowest BCUT2D eigenvalue weighted by molar-refractivity contribution is 0.00811. The molecule has 3 nitrogen and oxygen atoms in total. The molecule has 0 bridgehead atoms. The van der Waals surface area contributed by atoms with Crippen LogP contribution in [0.1, 0.15) is 20.8 Å². The van der Waals surface area contributed by atoms with E-state index in [4.69, 9.17) is 0 Å². The zero-order valence-corrected chi connectivity index (χ0v) is 8.17. The van der Waals surface area contributed by atoms with Crippen molar-refractivity contribution in [3.05, 3.63) is 5.92 Å². The van der Waals surface area contributed by atoms with Crippen LogP contribution in [0, 0.1) is 5.92 Å². The van der Waals surface area contributed by atoms with Crippen LogP contribution < -0.4 is 5.32 Å². The van der Waals surface area contributed by atoms with E-state index in [0.29, 0.717) is 0 Å². The van der Waals surface area contributed by atoms with Crippen LogP contribution in [0.2, 0.25) is 0 Å². The zero-order valence-electron chi connectivity index (χ0n) is 8.17. The highest BCUT2D eigenvalue weighted by atomic mass is 16.3. The molecule has 0 saturated carbocycles. The summed E-state index contributed by atoms with van der Waals surface area (Å²) in [6, 6.07) is 0.230. The van der Waals surface area contributed by atoms with Crippen LogP contribution in [-0.4, -0.2) is 41.9 Å². The van der Waals surface area contributed by atoms with Crippen molar-refractivity contribution in [3.8, 4) is 0 Å². The lowest BCUT2D eigenvalue weighted by atomic mass is 10.1. The van der Waals surface area contributed by atoms with Crippen molar-refractivity contribution < 1.29 is 5.11 Å². The molecular formula is C9H19N2O. The Morgan fingerprint density at radius 2 is 2.25 bits per heavy atom. The summed E-state index contributed by atoms with van der Waals surface area (Å²) >= 11 is 0. The zero-order chi connectivity index (χ0) is 9.14. The standard InChI is InChI=1S/C9H19N2O/c1-7(2)6-11-5-4-10-9(12)8(11)3/h8-10,12H,4-6H2,1-3H3. The van der Waals surface area contributed by atoms with Crippen LogP contribution in [0.15, 0.2) is 0 Å². The number of aliphatic hydroxyl groups is 1. The molecule has 1 fully saturated rings. The third kappa shape index (κ3) is 2.44. The molecule has 3 heteroatoms. The highest BCUT2D eigenvalue weighted by Crippen LogP contribution is 2.10. The van der Waals surface area contributed by atoms with E-state index >= 15 is 0 Å². The molecule has 0 spiro atoms. The Hall–Kier alpha value is -0.120. The van der Waals surface area contributed by atoms with Crippen LogP contribution in [-0.2, 0) is 0 Å². The first kappa shape index (κ1) is 9.96.